The smallest absolute Gasteiger partial charge is 0.179 e. The highest BCUT2D eigenvalue weighted by Gasteiger charge is 2.19. The molecule has 0 spiro atoms. The van der Waals surface area contributed by atoms with Gasteiger partial charge in [-0.3, -0.25) is 9.18 Å². The first-order chi connectivity index (χ1) is 7.49. The number of carbonyl (C=O) groups is 1. The van der Waals surface area contributed by atoms with E-state index in [1.165, 1.54) is 19.1 Å². The number of Topliss-reactive ketones (excluding diaryl/α,β-unsaturated/α-hetero) is 1. The van der Waals surface area contributed by atoms with Crippen LogP contribution in [0.15, 0.2) is 29.2 Å². The van der Waals surface area contributed by atoms with E-state index in [2.05, 4.69) is 0 Å². The van der Waals surface area contributed by atoms with Crippen molar-refractivity contribution in [3.05, 3.63) is 29.8 Å². The van der Waals surface area contributed by atoms with Gasteiger partial charge >= 0.3 is 0 Å². The molecule has 5 heteroatoms. The Morgan fingerprint density at radius 3 is 2.50 bits per heavy atom. The summed E-state index contributed by atoms with van der Waals surface area (Å²) in [4.78, 5) is 11.2. The maximum atomic E-state index is 12.0. The van der Waals surface area contributed by atoms with Crippen molar-refractivity contribution in [2.45, 2.75) is 18.2 Å². The van der Waals surface area contributed by atoms with Crippen molar-refractivity contribution < 1.29 is 17.6 Å². The number of carbonyl (C=O) groups excluding carboxylic acids is 1. The van der Waals surface area contributed by atoms with Gasteiger partial charge in [-0.2, -0.15) is 0 Å². The molecular weight excluding hydrogens is 231 g/mol. The Kier molecular flexibility index (Phi) is 4.18. The van der Waals surface area contributed by atoms with Crippen molar-refractivity contribution in [2.24, 2.45) is 0 Å². The maximum absolute atomic E-state index is 12.0. The van der Waals surface area contributed by atoms with Crippen LogP contribution in [-0.2, 0) is 9.84 Å². The Balaban J connectivity index is 3.17. The van der Waals surface area contributed by atoms with Crippen LogP contribution in [0.4, 0.5) is 4.39 Å². The molecule has 0 amide bonds. The number of hydrogen-bond acceptors (Lipinski definition) is 3. The molecule has 0 saturated carbocycles. The summed E-state index contributed by atoms with van der Waals surface area (Å²) in [6.45, 7) is 0.630. The van der Waals surface area contributed by atoms with Gasteiger partial charge < -0.3 is 0 Å². The van der Waals surface area contributed by atoms with Gasteiger partial charge in [-0.05, 0) is 19.4 Å². The Morgan fingerprint density at radius 1 is 1.31 bits per heavy atom. The van der Waals surface area contributed by atoms with Crippen molar-refractivity contribution in [2.75, 3.05) is 12.4 Å². The molecule has 0 aromatic heterocycles. The molecule has 3 nitrogen and oxygen atoms in total. The lowest BCUT2D eigenvalue weighted by Gasteiger charge is -2.07. The Bertz CT molecular complexity index is 480. The zero-order valence-corrected chi connectivity index (χ0v) is 9.76. The van der Waals surface area contributed by atoms with Gasteiger partial charge in [-0.1, -0.05) is 18.2 Å². The fraction of sp³-hybridized carbons (Fsp3) is 0.364. The number of hydrogen-bond donors (Lipinski definition) is 0. The zero-order chi connectivity index (χ0) is 12.2. The summed E-state index contributed by atoms with van der Waals surface area (Å²) in [6, 6.07) is 5.99. The molecule has 88 valence electrons. The topological polar surface area (TPSA) is 51.2 Å². The largest absolute Gasteiger partial charge is 0.294 e. The van der Waals surface area contributed by atoms with Gasteiger partial charge in [0.05, 0.1) is 17.3 Å². The second-order valence-corrected chi connectivity index (χ2v) is 5.49. The van der Waals surface area contributed by atoms with Crippen LogP contribution >= 0.6 is 0 Å². The minimum absolute atomic E-state index is 0.00375. The quantitative estimate of drug-likeness (QED) is 0.744. The van der Waals surface area contributed by atoms with Crippen LogP contribution in [0.2, 0.25) is 0 Å². The van der Waals surface area contributed by atoms with Crippen molar-refractivity contribution in [1.29, 1.82) is 0 Å². The van der Waals surface area contributed by atoms with E-state index in [1.54, 1.807) is 12.1 Å². The lowest BCUT2D eigenvalue weighted by molar-refractivity contribution is 0.101. The molecule has 0 saturated heterocycles. The summed E-state index contributed by atoms with van der Waals surface area (Å²) in [5, 5.41) is 0. The highest BCUT2D eigenvalue weighted by Crippen LogP contribution is 2.18. The SMILES string of the molecule is CC(=O)c1ccccc1S(=O)(=O)CCCF. The highest BCUT2D eigenvalue weighted by atomic mass is 32.2. The third-order valence-electron chi connectivity index (χ3n) is 2.15. The van der Waals surface area contributed by atoms with Gasteiger partial charge in [0.15, 0.2) is 15.6 Å². The number of alkyl halides is 1. The normalized spacial score (nSPS) is 11.4. The van der Waals surface area contributed by atoms with E-state index in [9.17, 15) is 17.6 Å². The van der Waals surface area contributed by atoms with Crippen LogP contribution in [0.1, 0.15) is 23.7 Å². The molecule has 1 rings (SSSR count). The molecule has 1 aromatic rings. The fourth-order valence-electron chi connectivity index (χ4n) is 1.38. The summed E-state index contributed by atoms with van der Waals surface area (Å²) >= 11 is 0. The predicted molar refractivity (Wildman–Crippen MR) is 59.1 cm³/mol. The van der Waals surface area contributed by atoms with Gasteiger partial charge in [-0.15, -0.1) is 0 Å². The van der Waals surface area contributed by atoms with Gasteiger partial charge in [-0.25, -0.2) is 8.42 Å². The average Bonchev–Trinajstić information content (AvgIpc) is 2.26. The first-order valence-electron chi connectivity index (χ1n) is 4.87. The van der Waals surface area contributed by atoms with Crippen molar-refractivity contribution in [1.82, 2.24) is 0 Å². The van der Waals surface area contributed by atoms with Gasteiger partial charge in [0.2, 0.25) is 0 Å². The fourth-order valence-corrected chi connectivity index (χ4v) is 2.93. The minimum Gasteiger partial charge on any atom is -0.294 e. The van der Waals surface area contributed by atoms with Gasteiger partial charge in [0.25, 0.3) is 0 Å². The molecule has 0 bridgehead atoms. The lowest BCUT2D eigenvalue weighted by Crippen LogP contribution is -2.11. The molecular formula is C11H13FO3S. The Morgan fingerprint density at radius 2 is 1.94 bits per heavy atom. The molecule has 0 aliphatic carbocycles. The zero-order valence-electron chi connectivity index (χ0n) is 8.94. The maximum Gasteiger partial charge on any atom is 0.179 e. The Hall–Kier alpha value is -1.23. The van der Waals surface area contributed by atoms with Crippen molar-refractivity contribution in [3.8, 4) is 0 Å². The minimum atomic E-state index is -3.56. The monoisotopic (exact) mass is 244 g/mol. The van der Waals surface area contributed by atoms with E-state index in [4.69, 9.17) is 0 Å². The van der Waals surface area contributed by atoms with Crippen LogP contribution in [0.3, 0.4) is 0 Å². The highest BCUT2D eigenvalue weighted by molar-refractivity contribution is 7.91. The molecule has 0 unspecified atom stereocenters. The second-order valence-electron chi connectivity index (χ2n) is 3.41. The summed E-state index contributed by atoms with van der Waals surface area (Å²) in [7, 11) is -3.56. The van der Waals surface area contributed by atoms with Gasteiger partial charge in [0, 0.05) is 5.56 Å². The van der Waals surface area contributed by atoms with E-state index in [0.29, 0.717) is 0 Å². The molecule has 0 aliphatic heterocycles. The summed E-state index contributed by atoms with van der Waals surface area (Å²) in [5.74, 6) is -0.576. The van der Waals surface area contributed by atoms with Crippen LogP contribution in [0.25, 0.3) is 0 Å². The average molecular weight is 244 g/mol. The molecule has 0 N–H and O–H groups in total. The van der Waals surface area contributed by atoms with E-state index < -0.39 is 16.5 Å². The van der Waals surface area contributed by atoms with Crippen molar-refractivity contribution in [3.63, 3.8) is 0 Å². The predicted octanol–water partition coefficient (Wildman–Crippen LogP) is 2.02. The third kappa shape index (κ3) is 2.88. The molecule has 0 heterocycles. The molecule has 0 radical (unpaired) electrons. The summed E-state index contributed by atoms with van der Waals surface area (Å²) < 4.78 is 35.6. The second kappa shape index (κ2) is 5.21. The molecule has 0 fully saturated rings. The number of rotatable bonds is 5. The summed E-state index contributed by atoms with van der Waals surface area (Å²) in [6.07, 6.45) is -0.0471. The third-order valence-corrected chi connectivity index (χ3v) is 4.00. The van der Waals surface area contributed by atoms with E-state index in [-0.39, 0.29) is 28.4 Å². The number of halogens is 1. The standard InChI is InChI=1S/C11H13FO3S/c1-9(13)10-5-2-3-6-11(10)16(14,15)8-4-7-12/h2-3,5-6H,4,7-8H2,1H3. The Labute approximate surface area is 94.2 Å². The number of ketones is 1. The molecule has 0 atom stereocenters. The molecule has 0 aliphatic rings. The molecule has 1 aromatic carbocycles. The number of benzene rings is 1. The van der Waals surface area contributed by atoms with Crippen LogP contribution < -0.4 is 0 Å². The van der Waals surface area contributed by atoms with Crippen LogP contribution in [-0.4, -0.2) is 26.6 Å². The van der Waals surface area contributed by atoms with E-state index in [1.807, 2.05) is 0 Å². The molecule has 16 heavy (non-hydrogen) atoms. The summed E-state index contributed by atoms with van der Waals surface area (Å²) in [5.41, 5.74) is 0.168. The number of sulfone groups is 1. The van der Waals surface area contributed by atoms with Crippen LogP contribution in [0.5, 0.6) is 0 Å². The lowest BCUT2D eigenvalue weighted by atomic mass is 10.1. The first kappa shape index (κ1) is 12.8. The van der Waals surface area contributed by atoms with E-state index >= 15 is 0 Å². The van der Waals surface area contributed by atoms with E-state index in [0.717, 1.165) is 0 Å². The van der Waals surface area contributed by atoms with Gasteiger partial charge in [0.1, 0.15) is 0 Å². The van der Waals surface area contributed by atoms with Crippen LogP contribution in [0, 0.1) is 0 Å². The van der Waals surface area contributed by atoms with Crippen molar-refractivity contribution >= 4 is 15.6 Å². The first-order valence-corrected chi connectivity index (χ1v) is 6.53.